The lowest BCUT2D eigenvalue weighted by molar-refractivity contribution is 0.603. The first-order valence-corrected chi connectivity index (χ1v) is 8.07. The molecule has 6 heteroatoms. The molecule has 0 aliphatic rings. The highest BCUT2D eigenvalue weighted by Gasteiger charge is 2.16. The number of aromatic nitrogens is 1. The highest BCUT2D eigenvalue weighted by molar-refractivity contribution is 7.94. The van der Waals surface area contributed by atoms with Crippen LogP contribution < -0.4 is 4.72 Å². The zero-order chi connectivity index (χ0) is 13.5. The second kappa shape index (κ2) is 4.40. The molecule has 2 N–H and O–H groups in total. The lowest BCUT2D eigenvalue weighted by atomic mass is 10.2. The number of aromatic amines is 1. The van der Waals surface area contributed by atoms with E-state index in [-0.39, 0.29) is 0 Å². The smallest absolute Gasteiger partial charge is 0.271 e. The number of aryl methyl sites for hydroxylation is 1. The van der Waals surface area contributed by atoms with Crippen molar-refractivity contribution in [2.45, 2.75) is 11.1 Å². The van der Waals surface area contributed by atoms with Crippen LogP contribution in [0.5, 0.6) is 0 Å². The summed E-state index contributed by atoms with van der Waals surface area (Å²) >= 11 is 1.20. The van der Waals surface area contributed by atoms with Crippen LogP contribution in [-0.4, -0.2) is 13.4 Å². The summed E-state index contributed by atoms with van der Waals surface area (Å²) in [5.74, 6) is 0. The Balaban J connectivity index is 2.07. The van der Waals surface area contributed by atoms with Gasteiger partial charge in [-0.15, -0.1) is 11.3 Å². The van der Waals surface area contributed by atoms with Crippen LogP contribution in [0.25, 0.3) is 10.9 Å². The monoisotopic (exact) mass is 292 g/mol. The zero-order valence-electron chi connectivity index (χ0n) is 10.2. The van der Waals surface area contributed by atoms with Crippen LogP contribution in [0.1, 0.15) is 5.69 Å². The minimum absolute atomic E-state index is 0.313. The fraction of sp³-hybridized carbons (Fsp3) is 0.0769. The van der Waals surface area contributed by atoms with E-state index in [1.165, 1.54) is 11.3 Å². The van der Waals surface area contributed by atoms with Gasteiger partial charge in [-0.05, 0) is 30.5 Å². The number of rotatable bonds is 3. The first-order chi connectivity index (χ1) is 9.06. The van der Waals surface area contributed by atoms with Gasteiger partial charge in [0.1, 0.15) is 4.21 Å². The van der Waals surface area contributed by atoms with E-state index in [0.717, 1.165) is 16.6 Å². The molecule has 0 atom stereocenters. The lowest BCUT2D eigenvalue weighted by Crippen LogP contribution is -2.11. The molecule has 3 aromatic rings. The van der Waals surface area contributed by atoms with Gasteiger partial charge in [0.2, 0.25) is 0 Å². The summed E-state index contributed by atoms with van der Waals surface area (Å²) in [6, 6.07) is 10.8. The van der Waals surface area contributed by atoms with Crippen molar-refractivity contribution in [1.82, 2.24) is 4.98 Å². The lowest BCUT2D eigenvalue weighted by Gasteiger charge is -2.07. The molecule has 98 valence electrons. The number of anilines is 1. The Morgan fingerprint density at radius 1 is 1.21 bits per heavy atom. The summed E-state index contributed by atoms with van der Waals surface area (Å²) in [6.45, 7) is 1.94. The highest BCUT2D eigenvalue weighted by atomic mass is 32.2. The van der Waals surface area contributed by atoms with Crippen molar-refractivity contribution in [3.8, 4) is 0 Å². The number of hydrogen-bond acceptors (Lipinski definition) is 3. The molecule has 0 unspecified atom stereocenters. The molecule has 0 bridgehead atoms. The number of nitrogens with one attached hydrogen (secondary N) is 2. The zero-order valence-corrected chi connectivity index (χ0v) is 11.8. The van der Waals surface area contributed by atoms with E-state index < -0.39 is 10.0 Å². The van der Waals surface area contributed by atoms with E-state index in [0.29, 0.717) is 9.90 Å². The van der Waals surface area contributed by atoms with Gasteiger partial charge in [-0.3, -0.25) is 4.72 Å². The molecule has 0 radical (unpaired) electrons. The third-order valence-corrected chi connectivity index (χ3v) is 5.56. The third kappa shape index (κ3) is 2.24. The van der Waals surface area contributed by atoms with E-state index in [2.05, 4.69) is 9.71 Å². The topological polar surface area (TPSA) is 62.0 Å². The Bertz CT molecular complexity index is 818. The number of hydrogen-bond donors (Lipinski definition) is 2. The number of sulfonamides is 1. The van der Waals surface area contributed by atoms with Crippen molar-refractivity contribution in [2.24, 2.45) is 0 Å². The second-order valence-electron chi connectivity index (χ2n) is 4.26. The SMILES string of the molecule is Cc1cc2cccc(NS(=O)(=O)c3cccs3)c2[nH]1. The highest BCUT2D eigenvalue weighted by Crippen LogP contribution is 2.26. The standard InChI is InChI=1S/C13H12N2O2S2/c1-9-8-10-4-2-5-11(13(10)14-9)15-19(16,17)12-6-3-7-18-12/h2-8,14-15H,1H3. The molecule has 2 aromatic heterocycles. The molecule has 3 rings (SSSR count). The quantitative estimate of drug-likeness (QED) is 0.777. The van der Waals surface area contributed by atoms with E-state index in [1.54, 1.807) is 23.6 Å². The van der Waals surface area contributed by atoms with Gasteiger partial charge in [0, 0.05) is 11.1 Å². The number of fused-ring (bicyclic) bond motifs is 1. The summed E-state index contributed by atoms with van der Waals surface area (Å²) in [5.41, 5.74) is 2.37. The third-order valence-electron chi connectivity index (χ3n) is 2.80. The molecule has 0 amide bonds. The van der Waals surface area contributed by atoms with E-state index in [1.807, 2.05) is 25.1 Å². The maximum atomic E-state index is 12.2. The normalized spacial score (nSPS) is 11.8. The van der Waals surface area contributed by atoms with Crippen LogP contribution in [0.15, 0.2) is 46.0 Å². The maximum Gasteiger partial charge on any atom is 0.271 e. The number of thiophene rings is 1. The van der Waals surface area contributed by atoms with Crippen LogP contribution in [-0.2, 0) is 10.0 Å². The molecule has 19 heavy (non-hydrogen) atoms. The summed E-state index contributed by atoms with van der Waals surface area (Å²) in [4.78, 5) is 3.17. The predicted octanol–water partition coefficient (Wildman–Crippen LogP) is 3.34. The van der Waals surface area contributed by atoms with Gasteiger partial charge < -0.3 is 4.98 Å². The van der Waals surface area contributed by atoms with E-state index >= 15 is 0 Å². The van der Waals surface area contributed by atoms with Crippen LogP contribution in [0, 0.1) is 6.92 Å². The average molecular weight is 292 g/mol. The van der Waals surface area contributed by atoms with E-state index in [4.69, 9.17) is 0 Å². The second-order valence-corrected chi connectivity index (χ2v) is 7.12. The molecule has 1 aromatic carbocycles. The minimum Gasteiger partial charge on any atom is -0.357 e. The Kier molecular flexibility index (Phi) is 2.83. The molecule has 4 nitrogen and oxygen atoms in total. The average Bonchev–Trinajstić information content (AvgIpc) is 2.96. The first-order valence-electron chi connectivity index (χ1n) is 5.71. The molecular formula is C13H12N2O2S2. The van der Waals surface area contributed by atoms with Crippen molar-refractivity contribution < 1.29 is 8.42 Å². The largest absolute Gasteiger partial charge is 0.357 e. The van der Waals surface area contributed by atoms with Gasteiger partial charge in [0.15, 0.2) is 0 Å². The molecular weight excluding hydrogens is 280 g/mol. The van der Waals surface area contributed by atoms with Gasteiger partial charge in [0.05, 0.1) is 11.2 Å². The number of benzene rings is 1. The van der Waals surface area contributed by atoms with Crippen LogP contribution in [0.4, 0.5) is 5.69 Å². The molecule has 2 heterocycles. The minimum atomic E-state index is -3.50. The molecule has 0 fully saturated rings. The predicted molar refractivity (Wildman–Crippen MR) is 78.2 cm³/mol. The van der Waals surface area contributed by atoms with Crippen LogP contribution in [0.2, 0.25) is 0 Å². The van der Waals surface area contributed by atoms with Gasteiger partial charge >= 0.3 is 0 Å². The van der Waals surface area contributed by atoms with Crippen molar-refractivity contribution in [2.75, 3.05) is 4.72 Å². The Labute approximate surface area is 115 Å². The van der Waals surface area contributed by atoms with E-state index in [9.17, 15) is 8.42 Å². The summed E-state index contributed by atoms with van der Waals surface area (Å²) in [6.07, 6.45) is 0. The van der Waals surface area contributed by atoms with Crippen LogP contribution >= 0.6 is 11.3 Å². The molecule has 0 aliphatic heterocycles. The van der Waals surface area contributed by atoms with Crippen molar-refractivity contribution >= 4 is 38.0 Å². The number of H-pyrrole nitrogens is 1. The number of para-hydroxylation sites is 1. The fourth-order valence-corrected chi connectivity index (χ4v) is 4.06. The van der Waals surface area contributed by atoms with Gasteiger partial charge in [-0.2, -0.15) is 0 Å². The summed E-state index contributed by atoms with van der Waals surface area (Å²) in [5, 5.41) is 2.73. The Morgan fingerprint density at radius 3 is 2.79 bits per heavy atom. The van der Waals surface area contributed by atoms with Crippen molar-refractivity contribution in [3.63, 3.8) is 0 Å². The Morgan fingerprint density at radius 2 is 2.05 bits per heavy atom. The summed E-state index contributed by atoms with van der Waals surface area (Å²) < 4.78 is 27.3. The Hall–Kier alpha value is -1.79. The molecule has 0 saturated carbocycles. The van der Waals surface area contributed by atoms with Gasteiger partial charge in [0.25, 0.3) is 10.0 Å². The van der Waals surface area contributed by atoms with Gasteiger partial charge in [-0.25, -0.2) is 8.42 Å². The maximum absolute atomic E-state index is 12.2. The molecule has 0 aliphatic carbocycles. The molecule has 0 spiro atoms. The van der Waals surface area contributed by atoms with Gasteiger partial charge in [-0.1, -0.05) is 18.2 Å². The van der Waals surface area contributed by atoms with Crippen molar-refractivity contribution in [3.05, 3.63) is 47.5 Å². The van der Waals surface area contributed by atoms with Crippen molar-refractivity contribution in [1.29, 1.82) is 0 Å². The fourth-order valence-electron chi connectivity index (χ4n) is 1.99. The van der Waals surface area contributed by atoms with Crippen LogP contribution in [0.3, 0.4) is 0 Å². The summed E-state index contributed by atoms with van der Waals surface area (Å²) in [7, 11) is -3.50. The first kappa shape index (κ1) is 12.3. The molecule has 0 saturated heterocycles.